The highest BCUT2D eigenvalue weighted by atomic mass is 16.3. The first-order chi connectivity index (χ1) is 14.2. The second-order valence-corrected chi connectivity index (χ2v) is 7.44. The van der Waals surface area contributed by atoms with Gasteiger partial charge < -0.3 is 19.2 Å². The third-order valence-corrected chi connectivity index (χ3v) is 5.66. The lowest BCUT2D eigenvalue weighted by molar-refractivity contribution is 0.0932. The van der Waals surface area contributed by atoms with Crippen LogP contribution in [-0.2, 0) is 25.9 Å². The average Bonchev–Trinajstić information content (AvgIpc) is 3.50. The van der Waals surface area contributed by atoms with Crippen LogP contribution in [0.4, 0.5) is 5.69 Å². The van der Waals surface area contributed by atoms with Crippen LogP contribution in [0.2, 0.25) is 0 Å². The summed E-state index contributed by atoms with van der Waals surface area (Å²) in [5.41, 5.74) is 3.39. The Morgan fingerprint density at radius 3 is 2.83 bits per heavy atom. The number of hydrogen-bond donors (Lipinski definition) is 1. The van der Waals surface area contributed by atoms with Gasteiger partial charge in [0, 0.05) is 18.8 Å². The molecule has 29 heavy (non-hydrogen) atoms. The Balaban J connectivity index is 1.45. The van der Waals surface area contributed by atoms with E-state index in [4.69, 9.17) is 4.42 Å². The molecular weight excluding hydrogens is 368 g/mol. The first-order valence-corrected chi connectivity index (χ1v) is 10.0. The minimum absolute atomic E-state index is 0.120. The Hall–Kier alpha value is -3.35. The van der Waals surface area contributed by atoms with Crippen molar-refractivity contribution in [1.29, 1.82) is 0 Å². The Bertz CT molecular complexity index is 1070. The Morgan fingerprint density at radius 2 is 1.97 bits per heavy atom. The number of hydrogen-bond acceptors (Lipinski definition) is 4. The molecule has 148 valence electrons. The van der Waals surface area contributed by atoms with Crippen LogP contribution in [0.5, 0.6) is 0 Å². The first-order valence-electron chi connectivity index (χ1n) is 10.0. The highest BCUT2D eigenvalue weighted by molar-refractivity contribution is 6.07. The minimum Gasteiger partial charge on any atom is -0.467 e. The maximum Gasteiger partial charge on any atom is 0.287 e. The third kappa shape index (κ3) is 3.12. The number of carbonyl (C=O) groups is 2. The number of benzene rings is 1. The van der Waals surface area contributed by atoms with E-state index in [1.165, 1.54) is 5.56 Å². The van der Waals surface area contributed by atoms with Gasteiger partial charge in [-0.2, -0.15) is 0 Å². The third-order valence-electron chi connectivity index (χ3n) is 5.66. The topological polar surface area (TPSA) is 80.4 Å². The standard InChI is InChI=1S/C22H22N4O3/c27-21(23-14-16-7-5-13-29-16)20-24-19(18-9-3-4-11-25(18)20)22(28)26-12-10-15-6-1-2-8-17(15)26/h1-2,5-8,13H,3-4,9-12,14H2,(H,23,27). The summed E-state index contributed by atoms with van der Waals surface area (Å²) in [6, 6.07) is 11.6. The molecule has 0 spiro atoms. The highest BCUT2D eigenvalue weighted by Gasteiger charge is 2.32. The number of fused-ring (bicyclic) bond motifs is 2. The quantitative estimate of drug-likeness (QED) is 0.743. The molecule has 0 radical (unpaired) electrons. The van der Waals surface area contributed by atoms with E-state index < -0.39 is 0 Å². The van der Waals surface area contributed by atoms with Gasteiger partial charge in [-0.05, 0) is 49.4 Å². The lowest BCUT2D eigenvalue weighted by Crippen LogP contribution is -2.30. The summed E-state index contributed by atoms with van der Waals surface area (Å²) in [7, 11) is 0. The number of imidazole rings is 1. The lowest BCUT2D eigenvalue weighted by Gasteiger charge is -2.19. The second kappa shape index (κ2) is 7.24. The smallest absolute Gasteiger partial charge is 0.287 e. The van der Waals surface area contributed by atoms with Crippen LogP contribution in [0.15, 0.2) is 47.1 Å². The number of nitrogens with one attached hydrogen (secondary N) is 1. The van der Waals surface area contributed by atoms with Crippen LogP contribution in [0.3, 0.4) is 0 Å². The summed E-state index contributed by atoms with van der Waals surface area (Å²) in [5, 5.41) is 2.85. The van der Waals surface area contributed by atoms with Gasteiger partial charge in [-0.15, -0.1) is 0 Å². The second-order valence-electron chi connectivity index (χ2n) is 7.44. The number of rotatable bonds is 4. The maximum absolute atomic E-state index is 13.4. The minimum atomic E-state index is -0.287. The zero-order valence-corrected chi connectivity index (χ0v) is 16.1. The van der Waals surface area contributed by atoms with E-state index >= 15 is 0 Å². The Labute approximate surface area is 168 Å². The number of carbonyl (C=O) groups excluding carboxylic acids is 2. The molecule has 5 rings (SSSR count). The van der Waals surface area contributed by atoms with E-state index in [2.05, 4.69) is 16.4 Å². The Kier molecular flexibility index (Phi) is 4.42. The van der Waals surface area contributed by atoms with Gasteiger partial charge in [0.15, 0.2) is 11.5 Å². The predicted molar refractivity (Wildman–Crippen MR) is 107 cm³/mol. The van der Waals surface area contributed by atoms with Gasteiger partial charge in [0.2, 0.25) is 0 Å². The molecule has 0 saturated heterocycles. The van der Waals surface area contributed by atoms with Crippen molar-refractivity contribution in [2.75, 3.05) is 11.4 Å². The van der Waals surface area contributed by atoms with E-state index in [9.17, 15) is 9.59 Å². The van der Waals surface area contributed by atoms with Crippen LogP contribution >= 0.6 is 0 Å². The van der Waals surface area contributed by atoms with Gasteiger partial charge >= 0.3 is 0 Å². The average molecular weight is 390 g/mol. The zero-order chi connectivity index (χ0) is 19.8. The van der Waals surface area contributed by atoms with Crippen molar-refractivity contribution in [2.45, 2.75) is 38.8 Å². The fourth-order valence-corrected chi connectivity index (χ4v) is 4.22. The number of aromatic nitrogens is 2. The van der Waals surface area contributed by atoms with Crippen LogP contribution in [0.25, 0.3) is 0 Å². The SMILES string of the molecule is O=C(NCc1ccco1)c1nc(C(=O)N2CCc3ccccc32)c2n1CCCC2. The van der Waals surface area contributed by atoms with Gasteiger partial charge in [0.25, 0.3) is 11.8 Å². The van der Waals surface area contributed by atoms with Gasteiger partial charge in [0.1, 0.15) is 5.76 Å². The summed E-state index contributed by atoms with van der Waals surface area (Å²) < 4.78 is 7.19. The molecule has 1 N–H and O–H groups in total. The molecule has 0 atom stereocenters. The molecule has 7 nitrogen and oxygen atoms in total. The van der Waals surface area contributed by atoms with Gasteiger partial charge in [0.05, 0.1) is 18.5 Å². The predicted octanol–water partition coefficient (Wildman–Crippen LogP) is 2.95. The van der Waals surface area contributed by atoms with Crippen LogP contribution in [-0.4, -0.2) is 27.9 Å². The molecule has 1 aromatic carbocycles. The number of anilines is 1. The van der Waals surface area contributed by atoms with Crippen molar-refractivity contribution in [3.63, 3.8) is 0 Å². The van der Waals surface area contributed by atoms with E-state index in [1.54, 1.807) is 23.3 Å². The zero-order valence-electron chi connectivity index (χ0n) is 16.1. The maximum atomic E-state index is 13.4. The molecule has 0 saturated carbocycles. The largest absolute Gasteiger partial charge is 0.467 e. The van der Waals surface area contributed by atoms with E-state index in [-0.39, 0.29) is 18.4 Å². The van der Waals surface area contributed by atoms with Crippen molar-refractivity contribution >= 4 is 17.5 Å². The molecular formula is C22H22N4O3. The van der Waals surface area contributed by atoms with E-state index in [1.807, 2.05) is 22.8 Å². The number of furan rings is 1. The molecule has 2 aromatic heterocycles. The lowest BCUT2D eigenvalue weighted by atomic mass is 10.1. The van der Waals surface area contributed by atoms with Gasteiger partial charge in [-0.25, -0.2) is 4.98 Å². The molecule has 4 heterocycles. The fourth-order valence-electron chi connectivity index (χ4n) is 4.22. The number of amides is 2. The van der Waals surface area contributed by atoms with E-state index in [0.717, 1.165) is 37.1 Å². The summed E-state index contributed by atoms with van der Waals surface area (Å²) in [6.45, 7) is 1.64. The van der Waals surface area contributed by atoms with E-state index in [0.29, 0.717) is 30.4 Å². The molecule has 0 unspecified atom stereocenters. The summed E-state index contributed by atoms with van der Waals surface area (Å²) in [4.78, 5) is 32.5. The molecule has 0 aliphatic carbocycles. The van der Waals surface area contributed by atoms with Crippen molar-refractivity contribution in [2.24, 2.45) is 0 Å². The summed E-state index contributed by atoms with van der Waals surface area (Å²) >= 11 is 0. The van der Waals surface area contributed by atoms with Crippen LogP contribution in [0, 0.1) is 0 Å². The monoisotopic (exact) mass is 390 g/mol. The summed E-state index contributed by atoms with van der Waals surface area (Å²) in [5.74, 6) is 0.576. The van der Waals surface area contributed by atoms with Crippen molar-refractivity contribution in [3.8, 4) is 0 Å². The molecule has 2 amide bonds. The van der Waals surface area contributed by atoms with Gasteiger partial charge in [-0.3, -0.25) is 9.59 Å². The fraction of sp³-hybridized carbons (Fsp3) is 0.318. The number of para-hydroxylation sites is 1. The Morgan fingerprint density at radius 1 is 1.07 bits per heavy atom. The summed E-state index contributed by atoms with van der Waals surface area (Å²) in [6.07, 6.45) is 5.14. The van der Waals surface area contributed by atoms with Crippen molar-refractivity contribution < 1.29 is 14.0 Å². The van der Waals surface area contributed by atoms with Crippen molar-refractivity contribution in [1.82, 2.24) is 14.9 Å². The van der Waals surface area contributed by atoms with Crippen LogP contribution < -0.4 is 10.2 Å². The first kappa shape index (κ1) is 17.7. The molecule has 2 aliphatic heterocycles. The van der Waals surface area contributed by atoms with Crippen molar-refractivity contribution in [3.05, 3.63) is 71.2 Å². The molecule has 7 heteroatoms. The highest BCUT2D eigenvalue weighted by Crippen LogP contribution is 2.30. The molecule has 2 aliphatic rings. The van der Waals surface area contributed by atoms with Gasteiger partial charge in [-0.1, -0.05) is 18.2 Å². The van der Waals surface area contributed by atoms with Crippen LogP contribution in [0.1, 0.15) is 51.0 Å². The number of nitrogens with zero attached hydrogens (tertiary/aromatic N) is 3. The molecule has 3 aromatic rings. The molecule has 0 bridgehead atoms. The normalized spacial score (nSPS) is 15.1. The molecule has 0 fully saturated rings.